The zero-order valence-corrected chi connectivity index (χ0v) is 19.6. The Morgan fingerprint density at radius 2 is 1.93 bits per heavy atom. The summed E-state index contributed by atoms with van der Waals surface area (Å²) in [5.41, 5.74) is 8.75. The maximum atomic E-state index is 6.11. The summed E-state index contributed by atoms with van der Waals surface area (Å²) in [5, 5.41) is 10.2. The van der Waals surface area contributed by atoms with Crippen molar-refractivity contribution in [3.63, 3.8) is 0 Å². The summed E-state index contributed by atoms with van der Waals surface area (Å²) in [6.07, 6.45) is 0. The molecule has 0 aliphatic heterocycles. The van der Waals surface area contributed by atoms with E-state index in [0.29, 0.717) is 43.0 Å². The number of hydrogen-bond acceptors (Lipinski definition) is 5. The van der Waals surface area contributed by atoms with Crippen LogP contribution in [-0.4, -0.2) is 34.4 Å². The van der Waals surface area contributed by atoms with Crippen LogP contribution in [0.2, 0.25) is 0 Å². The highest BCUT2D eigenvalue weighted by atomic mass is 127. The van der Waals surface area contributed by atoms with E-state index in [1.165, 1.54) is 0 Å². The first-order chi connectivity index (χ1) is 14.1. The average Bonchev–Trinajstić information content (AvgIpc) is 3.15. The summed E-state index contributed by atoms with van der Waals surface area (Å²) in [6, 6.07) is 13.5. The topological polar surface area (TPSA) is 110 Å². The summed E-state index contributed by atoms with van der Waals surface area (Å²) >= 11 is 0. The third kappa shape index (κ3) is 6.34. The molecule has 8 nitrogen and oxygen atoms in total. The Morgan fingerprint density at radius 1 is 1.13 bits per heavy atom. The number of nitrogens with two attached hydrogens (primary N) is 1. The normalized spacial score (nSPS) is 11.0. The molecule has 0 spiro atoms. The molecule has 2 aromatic carbocycles. The third-order valence-electron chi connectivity index (χ3n) is 4.04. The van der Waals surface area contributed by atoms with E-state index in [1.54, 1.807) is 0 Å². The van der Waals surface area contributed by atoms with E-state index in [1.807, 2.05) is 63.2 Å². The number of nitrogens with zero attached hydrogens (tertiary/aromatic N) is 3. The van der Waals surface area contributed by atoms with E-state index >= 15 is 0 Å². The Labute approximate surface area is 193 Å². The Bertz CT molecular complexity index is 989. The third-order valence-corrected chi connectivity index (χ3v) is 4.04. The molecular weight excluding hydrogens is 495 g/mol. The molecule has 0 radical (unpaired) electrons. The molecule has 0 aliphatic carbocycles. The minimum atomic E-state index is 0. The van der Waals surface area contributed by atoms with E-state index in [9.17, 15) is 0 Å². The minimum Gasteiger partial charge on any atom is -0.494 e. The van der Waals surface area contributed by atoms with Crippen LogP contribution in [0, 0.1) is 6.92 Å². The Hall–Kier alpha value is -2.82. The van der Waals surface area contributed by atoms with Gasteiger partial charge in [-0.1, -0.05) is 18.2 Å². The molecule has 3 aromatic rings. The lowest BCUT2D eigenvalue weighted by molar-refractivity contribution is 0.332. The van der Waals surface area contributed by atoms with Gasteiger partial charge in [0.25, 0.3) is 0 Å². The number of anilines is 1. The smallest absolute Gasteiger partial charge is 0.193 e. The van der Waals surface area contributed by atoms with Gasteiger partial charge in [0.15, 0.2) is 11.8 Å². The Morgan fingerprint density at radius 3 is 2.63 bits per heavy atom. The first-order valence-corrected chi connectivity index (χ1v) is 9.54. The molecule has 0 amide bonds. The fraction of sp³-hybridized carbons (Fsp3) is 0.286. The summed E-state index contributed by atoms with van der Waals surface area (Å²) < 4.78 is 11.2. The van der Waals surface area contributed by atoms with Gasteiger partial charge in [0, 0.05) is 11.6 Å². The van der Waals surface area contributed by atoms with Gasteiger partial charge < -0.3 is 20.5 Å². The van der Waals surface area contributed by atoms with Gasteiger partial charge in [0.1, 0.15) is 17.3 Å². The highest BCUT2D eigenvalue weighted by molar-refractivity contribution is 14.0. The van der Waals surface area contributed by atoms with Crippen LogP contribution in [0.1, 0.15) is 25.2 Å². The molecular formula is C21H27IN6O2. The molecule has 0 aliphatic rings. The van der Waals surface area contributed by atoms with E-state index in [-0.39, 0.29) is 24.0 Å². The van der Waals surface area contributed by atoms with E-state index in [4.69, 9.17) is 15.2 Å². The second-order valence-electron chi connectivity index (χ2n) is 6.30. The van der Waals surface area contributed by atoms with Gasteiger partial charge in [-0.15, -0.1) is 24.0 Å². The molecule has 160 valence electrons. The molecule has 0 unspecified atom stereocenters. The van der Waals surface area contributed by atoms with Crippen LogP contribution in [0.4, 0.5) is 5.69 Å². The molecule has 1 heterocycles. The van der Waals surface area contributed by atoms with E-state index in [2.05, 4.69) is 25.5 Å². The maximum Gasteiger partial charge on any atom is 0.193 e. The quantitative estimate of drug-likeness (QED) is 0.233. The van der Waals surface area contributed by atoms with Gasteiger partial charge in [-0.05, 0) is 44.5 Å². The van der Waals surface area contributed by atoms with Crippen molar-refractivity contribution in [1.82, 2.24) is 15.2 Å². The Kier molecular flexibility index (Phi) is 8.90. The van der Waals surface area contributed by atoms with Crippen LogP contribution in [-0.2, 0) is 6.54 Å². The van der Waals surface area contributed by atoms with Crippen molar-refractivity contribution >= 4 is 35.6 Å². The molecule has 1 aromatic heterocycles. The summed E-state index contributed by atoms with van der Waals surface area (Å²) in [5.74, 6) is 3.15. The van der Waals surface area contributed by atoms with Crippen LogP contribution in [0.3, 0.4) is 0 Å². The van der Waals surface area contributed by atoms with Crippen LogP contribution in [0.15, 0.2) is 47.5 Å². The fourth-order valence-electron chi connectivity index (χ4n) is 2.78. The SMILES string of the molecule is CCOc1ccc(OCC)c(NC(N)=NCc2cccc(-c3n[nH]c(C)n3)c2)c1.I. The molecule has 0 bridgehead atoms. The van der Waals surface area contributed by atoms with Gasteiger partial charge >= 0.3 is 0 Å². The fourth-order valence-corrected chi connectivity index (χ4v) is 2.78. The Balaban J connectivity index is 0.00000320. The minimum absolute atomic E-state index is 0. The lowest BCUT2D eigenvalue weighted by Gasteiger charge is -2.14. The predicted octanol–water partition coefficient (Wildman–Crippen LogP) is 4.12. The number of halogens is 1. The second-order valence-corrected chi connectivity index (χ2v) is 6.30. The van der Waals surface area contributed by atoms with Crippen LogP contribution in [0.25, 0.3) is 11.4 Å². The number of aromatic nitrogens is 3. The summed E-state index contributed by atoms with van der Waals surface area (Å²) in [7, 11) is 0. The van der Waals surface area contributed by atoms with Gasteiger partial charge in [-0.25, -0.2) is 9.98 Å². The molecule has 4 N–H and O–H groups in total. The average molecular weight is 522 g/mol. The molecule has 0 fully saturated rings. The lowest BCUT2D eigenvalue weighted by Crippen LogP contribution is -2.23. The number of H-pyrrole nitrogens is 1. The number of hydrogen-bond donors (Lipinski definition) is 3. The number of nitrogens with one attached hydrogen (secondary N) is 2. The van der Waals surface area contributed by atoms with Crippen LogP contribution >= 0.6 is 24.0 Å². The summed E-state index contributed by atoms with van der Waals surface area (Å²) in [4.78, 5) is 8.80. The summed E-state index contributed by atoms with van der Waals surface area (Å²) in [6.45, 7) is 7.29. The van der Waals surface area contributed by atoms with Crippen molar-refractivity contribution in [2.75, 3.05) is 18.5 Å². The van der Waals surface area contributed by atoms with Gasteiger partial charge in [0.05, 0.1) is 25.4 Å². The highest BCUT2D eigenvalue weighted by Crippen LogP contribution is 2.29. The van der Waals surface area contributed by atoms with Gasteiger partial charge in [0.2, 0.25) is 0 Å². The van der Waals surface area contributed by atoms with Crippen molar-refractivity contribution in [1.29, 1.82) is 0 Å². The number of aliphatic imine (C=N–C) groups is 1. The number of aromatic amines is 1. The lowest BCUT2D eigenvalue weighted by atomic mass is 10.1. The molecule has 30 heavy (non-hydrogen) atoms. The molecule has 0 saturated heterocycles. The number of rotatable bonds is 8. The van der Waals surface area contributed by atoms with Crippen molar-refractivity contribution in [3.05, 3.63) is 53.9 Å². The van der Waals surface area contributed by atoms with Gasteiger partial charge in [-0.3, -0.25) is 5.10 Å². The van der Waals surface area contributed by atoms with Crippen LogP contribution in [0.5, 0.6) is 11.5 Å². The molecule has 0 saturated carbocycles. The number of benzene rings is 2. The largest absolute Gasteiger partial charge is 0.494 e. The first kappa shape index (κ1) is 23.5. The molecule has 9 heteroatoms. The molecule has 3 rings (SSSR count). The number of aryl methyl sites for hydroxylation is 1. The second kappa shape index (κ2) is 11.4. The highest BCUT2D eigenvalue weighted by Gasteiger charge is 2.08. The van der Waals surface area contributed by atoms with E-state index in [0.717, 1.165) is 22.7 Å². The van der Waals surface area contributed by atoms with E-state index < -0.39 is 0 Å². The monoisotopic (exact) mass is 522 g/mol. The predicted molar refractivity (Wildman–Crippen MR) is 130 cm³/mol. The first-order valence-electron chi connectivity index (χ1n) is 9.54. The standard InChI is InChI=1S/C21H26N6O2.HI/c1-4-28-17-9-10-19(29-5-2)18(12-17)25-21(22)23-13-15-7-6-8-16(11-15)20-24-14(3)26-27-20;/h6-12H,4-5,13H2,1-3H3,(H3,22,23,25)(H,24,26,27);1H. The van der Waals surface area contributed by atoms with Crippen molar-refractivity contribution in [3.8, 4) is 22.9 Å². The number of guanidine groups is 1. The maximum absolute atomic E-state index is 6.11. The van der Waals surface area contributed by atoms with Gasteiger partial charge in [-0.2, -0.15) is 5.10 Å². The zero-order valence-electron chi connectivity index (χ0n) is 17.3. The molecule has 0 atom stereocenters. The van der Waals surface area contributed by atoms with Crippen molar-refractivity contribution < 1.29 is 9.47 Å². The number of ether oxygens (including phenoxy) is 2. The van der Waals surface area contributed by atoms with Crippen molar-refractivity contribution in [2.24, 2.45) is 10.7 Å². The zero-order chi connectivity index (χ0) is 20.6. The van der Waals surface area contributed by atoms with Crippen molar-refractivity contribution in [2.45, 2.75) is 27.3 Å². The van der Waals surface area contributed by atoms with Crippen LogP contribution < -0.4 is 20.5 Å².